The molecule has 5 heteroatoms. The number of hydrogen-bond acceptors (Lipinski definition) is 4. The van der Waals surface area contributed by atoms with Gasteiger partial charge in [0, 0.05) is 12.7 Å². The van der Waals surface area contributed by atoms with Gasteiger partial charge in [0.2, 0.25) is 0 Å². The molecular weight excluding hydrogens is 212 g/mol. The first kappa shape index (κ1) is 14.5. The third kappa shape index (κ3) is 6.54. The standard InChI is InChI=1S/C10H22O4Si/c1-9(2)10(12-4)14-15(5,6)13-8-7-11-3/h7-8H2,1-6H3. The Hall–Kier alpha value is -0.523. The van der Waals surface area contributed by atoms with Crippen molar-refractivity contribution in [2.75, 3.05) is 27.4 Å². The van der Waals surface area contributed by atoms with Crippen LogP contribution in [0.1, 0.15) is 13.8 Å². The molecule has 0 aliphatic carbocycles. The first-order chi connectivity index (χ1) is 6.93. The van der Waals surface area contributed by atoms with Crippen LogP contribution in [0.4, 0.5) is 0 Å². The Morgan fingerprint density at radius 2 is 1.67 bits per heavy atom. The fraction of sp³-hybridized carbons (Fsp3) is 0.800. The third-order valence-corrected chi connectivity index (χ3v) is 3.25. The van der Waals surface area contributed by atoms with Gasteiger partial charge in [-0.25, -0.2) is 0 Å². The van der Waals surface area contributed by atoms with Crippen molar-refractivity contribution in [3.8, 4) is 0 Å². The monoisotopic (exact) mass is 234 g/mol. The summed E-state index contributed by atoms with van der Waals surface area (Å²) >= 11 is 0. The van der Waals surface area contributed by atoms with Crippen LogP contribution in [0.15, 0.2) is 11.5 Å². The minimum Gasteiger partial charge on any atom is -0.494 e. The van der Waals surface area contributed by atoms with Gasteiger partial charge in [0.1, 0.15) is 0 Å². The molecule has 0 aromatic rings. The lowest BCUT2D eigenvalue weighted by Gasteiger charge is -2.25. The van der Waals surface area contributed by atoms with Gasteiger partial charge in [-0.15, -0.1) is 0 Å². The molecule has 0 aliphatic heterocycles. The Bertz CT molecular complexity index is 209. The predicted molar refractivity (Wildman–Crippen MR) is 61.8 cm³/mol. The van der Waals surface area contributed by atoms with Gasteiger partial charge < -0.3 is 18.3 Å². The van der Waals surface area contributed by atoms with E-state index in [2.05, 4.69) is 0 Å². The average molecular weight is 234 g/mol. The Morgan fingerprint density at radius 3 is 2.07 bits per heavy atom. The molecule has 0 aliphatic rings. The molecule has 0 saturated carbocycles. The SMILES string of the molecule is COCCO[Si](C)(C)OC(OC)=C(C)C. The number of hydrogen-bond donors (Lipinski definition) is 0. The molecule has 0 saturated heterocycles. The lowest BCUT2D eigenvalue weighted by Crippen LogP contribution is -2.36. The van der Waals surface area contributed by atoms with Gasteiger partial charge in [-0.3, -0.25) is 0 Å². The summed E-state index contributed by atoms with van der Waals surface area (Å²) < 4.78 is 21.4. The highest BCUT2D eigenvalue weighted by molar-refractivity contribution is 6.64. The zero-order valence-corrected chi connectivity index (χ0v) is 11.5. The summed E-state index contributed by atoms with van der Waals surface area (Å²) in [5.74, 6) is 0.559. The van der Waals surface area contributed by atoms with E-state index < -0.39 is 8.56 Å². The van der Waals surface area contributed by atoms with Crippen molar-refractivity contribution in [3.05, 3.63) is 11.5 Å². The summed E-state index contributed by atoms with van der Waals surface area (Å²) in [4.78, 5) is 0. The van der Waals surface area contributed by atoms with Crippen molar-refractivity contribution in [2.45, 2.75) is 26.9 Å². The third-order valence-electron chi connectivity index (χ3n) is 1.67. The van der Waals surface area contributed by atoms with Gasteiger partial charge in [-0.05, 0) is 26.9 Å². The normalized spacial score (nSPS) is 11.1. The van der Waals surface area contributed by atoms with Crippen LogP contribution in [0.25, 0.3) is 0 Å². The molecule has 0 bridgehead atoms. The maximum absolute atomic E-state index is 5.71. The zero-order valence-electron chi connectivity index (χ0n) is 10.5. The second kappa shape index (κ2) is 6.87. The summed E-state index contributed by atoms with van der Waals surface area (Å²) in [6, 6.07) is 0. The molecule has 0 amide bonds. The van der Waals surface area contributed by atoms with Crippen LogP contribution >= 0.6 is 0 Å². The molecule has 0 radical (unpaired) electrons. The molecular formula is C10H22O4Si. The highest BCUT2D eigenvalue weighted by atomic mass is 28.4. The summed E-state index contributed by atoms with van der Waals surface area (Å²) in [7, 11) is 1.10. The van der Waals surface area contributed by atoms with Crippen molar-refractivity contribution in [1.29, 1.82) is 0 Å². The van der Waals surface area contributed by atoms with Gasteiger partial charge >= 0.3 is 8.56 Å². The van der Waals surface area contributed by atoms with Crippen molar-refractivity contribution >= 4 is 8.56 Å². The second-order valence-electron chi connectivity index (χ2n) is 3.83. The van der Waals surface area contributed by atoms with Crippen molar-refractivity contribution in [2.24, 2.45) is 0 Å². The lowest BCUT2D eigenvalue weighted by atomic mass is 10.4. The first-order valence-electron chi connectivity index (χ1n) is 4.96. The van der Waals surface area contributed by atoms with E-state index in [0.29, 0.717) is 19.2 Å². The molecule has 0 aromatic carbocycles. The van der Waals surface area contributed by atoms with E-state index in [9.17, 15) is 0 Å². The van der Waals surface area contributed by atoms with E-state index in [1.165, 1.54) is 0 Å². The highest BCUT2D eigenvalue weighted by Gasteiger charge is 2.28. The number of allylic oxidation sites excluding steroid dienone is 1. The summed E-state index contributed by atoms with van der Waals surface area (Å²) in [5.41, 5.74) is 1.01. The maximum Gasteiger partial charge on any atom is 0.395 e. The minimum absolute atomic E-state index is 0.551. The van der Waals surface area contributed by atoms with Gasteiger partial charge in [0.25, 0.3) is 5.95 Å². The topological polar surface area (TPSA) is 36.9 Å². The predicted octanol–water partition coefficient (Wildman–Crippen LogP) is 2.27. The molecule has 15 heavy (non-hydrogen) atoms. The largest absolute Gasteiger partial charge is 0.494 e. The zero-order chi connectivity index (χ0) is 11.9. The number of rotatable bonds is 7. The van der Waals surface area contributed by atoms with Crippen LogP contribution in [0.3, 0.4) is 0 Å². The molecule has 0 unspecified atom stereocenters. The fourth-order valence-corrected chi connectivity index (χ4v) is 2.34. The van der Waals surface area contributed by atoms with E-state index in [1.807, 2.05) is 26.9 Å². The Kier molecular flexibility index (Phi) is 6.63. The van der Waals surface area contributed by atoms with Gasteiger partial charge in [0.05, 0.1) is 20.3 Å². The molecule has 90 valence electrons. The fourth-order valence-electron chi connectivity index (χ4n) is 0.971. The van der Waals surface area contributed by atoms with E-state index in [4.69, 9.17) is 18.3 Å². The van der Waals surface area contributed by atoms with Crippen molar-refractivity contribution in [1.82, 2.24) is 0 Å². The quantitative estimate of drug-likeness (QED) is 0.385. The van der Waals surface area contributed by atoms with Crippen molar-refractivity contribution in [3.63, 3.8) is 0 Å². The van der Waals surface area contributed by atoms with Gasteiger partial charge in [-0.1, -0.05) is 0 Å². The van der Waals surface area contributed by atoms with E-state index >= 15 is 0 Å². The lowest BCUT2D eigenvalue weighted by molar-refractivity contribution is 0.0849. The summed E-state index contributed by atoms with van der Waals surface area (Å²) in [6.07, 6.45) is 0. The molecule has 0 spiro atoms. The van der Waals surface area contributed by atoms with Crippen molar-refractivity contribution < 1.29 is 18.3 Å². The Balaban J connectivity index is 4.17. The summed E-state index contributed by atoms with van der Waals surface area (Å²) in [6.45, 7) is 8.97. The smallest absolute Gasteiger partial charge is 0.395 e. The Labute approximate surface area is 93.4 Å². The van der Waals surface area contributed by atoms with E-state index in [-0.39, 0.29) is 0 Å². The molecule has 4 nitrogen and oxygen atoms in total. The molecule has 0 N–H and O–H groups in total. The first-order valence-corrected chi connectivity index (χ1v) is 7.78. The number of methoxy groups -OCH3 is 2. The van der Waals surface area contributed by atoms with Crippen LogP contribution in [0.2, 0.25) is 13.1 Å². The summed E-state index contributed by atoms with van der Waals surface area (Å²) in [5, 5.41) is 0. The number of ether oxygens (including phenoxy) is 2. The molecule has 0 aromatic heterocycles. The van der Waals surface area contributed by atoms with Crippen LogP contribution in [0, 0.1) is 0 Å². The van der Waals surface area contributed by atoms with Gasteiger partial charge in [0.15, 0.2) is 0 Å². The van der Waals surface area contributed by atoms with Gasteiger partial charge in [-0.2, -0.15) is 0 Å². The molecule has 0 heterocycles. The van der Waals surface area contributed by atoms with Crippen LogP contribution in [-0.2, 0) is 18.3 Å². The van der Waals surface area contributed by atoms with E-state index in [0.717, 1.165) is 5.57 Å². The minimum atomic E-state index is -2.15. The van der Waals surface area contributed by atoms with Crippen LogP contribution < -0.4 is 0 Å². The highest BCUT2D eigenvalue weighted by Crippen LogP contribution is 2.15. The molecule has 0 fully saturated rings. The van der Waals surface area contributed by atoms with E-state index in [1.54, 1.807) is 14.2 Å². The maximum atomic E-state index is 5.71. The Morgan fingerprint density at radius 1 is 1.07 bits per heavy atom. The average Bonchev–Trinajstić information content (AvgIpc) is 2.14. The van der Waals surface area contributed by atoms with Crippen LogP contribution in [0.5, 0.6) is 0 Å². The second-order valence-corrected chi connectivity index (χ2v) is 7.13. The van der Waals surface area contributed by atoms with Crippen LogP contribution in [-0.4, -0.2) is 36.0 Å². The molecule has 0 atom stereocenters. The molecule has 0 rings (SSSR count).